The van der Waals surface area contributed by atoms with Crippen molar-refractivity contribution in [3.05, 3.63) is 0 Å². The van der Waals surface area contributed by atoms with Crippen LogP contribution in [0.4, 0.5) is 0 Å². The molecule has 2 rings (SSSR count). The maximum atomic E-state index is 12.9. The van der Waals surface area contributed by atoms with Gasteiger partial charge in [-0.05, 0) is 58.8 Å². The van der Waals surface area contributed by atoms with Crippen molar-refractivity contribution >= 4 is 10.2 Å². The summed E-state index contributed by atoms with van der Waals surface area (Å²) in [6.45, 7) is 4.11. The van der Waals surface area contributed by atoms with Gasteiger partial charge in [0.05, 0.1) is 0 Å². The monoisotopic (exact) mass is 318 g/mol. The highest BCUT2D eigenvalue weighted by atomic mass is 32.2. The van der Waals surface area contributed by atoms with E-state index in [-0.39, 0.29) is 6.04 Å². The van der Waals surface area contributed by atoms with E-state index in [1.54, 1.807) is 15.7 Å². The van der Waals surface area contributed by atoms with Crippen LogP contribution in [0.25, 0.3) is 0 Å². The molecular weight excluding hydrogens is 288 g/mol. The topological polar surface area (TPSA) is 55.9 Å². The molecule has 7 heteroatoms. The molecule has 2 aliphatic rings. The molecule has 2 heterocycles. The molecule has 0 bridgehead atoms. The van der Waals surface area contributed by atoms with Crippen molar-refractivity contribution in [3.63, 3.8) is 0 Å². The molecule has 0 amide bonds. The molecule has 2 unspecified atom stereocenters. The van der Waals surface area contributed by atoms with Crippen LogP contribution in [0.1, 0.15) is 25.7 Å². The number of likely N-dealkylation sites (tertiary alicyclic amines) is 1. The number of likely N-dealkylation sites (N-methyl/N-ethyl adjacent to an activating group) is 2. The number of nitrogens with one attached hydrogen (secondary N) is 1. The van der Waals surface area contributed by atoms with Crippen LogP contribution >= 0.6 is 0 Å². The van der Waals surface area contributed by atoms with Gasteiger partial charge in [0.25, 0.3) is 10.2 Å². The van der Waals surface area contributed by atoms with Gasteiger partial charge < -0.3 is 10.2 Å². The second-order valence-electron chi connectivity index (χ2n) is 6.51. The molecule has 0 aromatic heterocycles. The van der Waals surface area contributed by atoms with Crippen LogP contribution in [0.15, 0.2) is 0 Å². The first kappa shape index (κ1) is 17.1. The summed E-state index contributed by atoms with van der Waals surface area (Å²) in [4.78, 5) is 2.22. The molecule has 6 nitrogen and oxygen atoms in total. The summed E-state index contributed by atoms with van der Waals surface area (Å²) in [6, 6.07) is 0.110. The first-order chi connectivity index (χ1) is 9.95. The lowest BCUT2D eigenvalue weighted by Gasteiger charge is -2.39. The lowest BCUT2D eigenvalue weighted by Crippen LogP contribution is -2.54. The fourth-order valence-corrected chi connectivity index (χ4v) is 5.17. The molecule has 0 spiro atoms. The second kappa shape index (κ2) is 7.37. The summed E-state index contributed by atoms with van der Waals surface area (Å²) in [7, 11) is 2.42. The van der Waals surface area contributed by atoms with Gasteiger partial charge in [-0.25, -0.2) is 0 Å². The van der Waals surface area contributed by atoms with Crippen molar-refractivity contribution in [2.45, 2.75) is 31.7 Å². The van der Waals surface area contributed by atoms with Crippen molar-refractivity contribution in [2.75, 3.05) is 53.9 Å². The molecule has 21 heavy (non-hydrogen) atoms. The summed E-state index contributed by atoms with van der Waals surface area (Å²) < 4.78 is 29.0. The molecule has 2 aliphatic heterocycles. The van der Waals surface area contributed by atoms with Gasteiger partial charge in [0.15, 0.2) is 0 Å². The van der Waals surface area contributed by atoms with E-state index in [2.05, 4.69) is 17.3 Å². The third kappa shape index (κ3) is 4.16. The number of piperidine rings is 2. The normalized spacial score (nSPS) is 29.9. The summed E-state index contributed by atoms with van der Waals surface area (Å²) in [5.74, 6) is 0.431. The second-order valence-corrected chi connectivity index (χ2v) is 8.49. The molecule has 0 saturated carbocycles. The Morgan fingerprint density at radius 2 is 1.90 bits per heavy atom. The van der Waals surface area contributed by atoms with Gasteiger partial charge in [0, 0.05) is 32.7 Å². The molecular formula is C14H30N4O2S. The minimum Gasteiger partial charge on any atom is -0.319 e. The molecule has 124 valence electrons. The van der Waals surface area contributed by atoms with Gasteiger partial charge in [-0.1, -0.05) is 0 Å². The Kier molecular flexibility index (Phi) is 6.02. The first-order valence-corrected chi connectivity index (χ1v) is 9.41. The molecule has 0 aliphatic carbocycles. The Hall–Kier alpha value is -0.210. The first-order valence-electron chi connectivity index (χ1n) is 8.01. The third-order valence-electron chi connectivity index (χ3n) is 4.78. The fraction of sp³-hybridized carbons (Fsp3) is 1.00. The highest BCUT2D eigenvalue weighted by Gasteiger charge is 2.36. The molecule has 2 atom stereocenters. The van der Waals surface area contributed by atoms with E-state index in [1.165, 1.54) is 0 Å². The van der Waals surface area contributed by atoms with E-state index in [0.717, 1.165) is 45.3 Å². The zero-order valence-corrected chi connectivity index (χ0v) is 14.4. The summed E-state index contributed by atoms with van der Waals surface area (Å²) in [5.41, 5.74) is 0. The van der Waals surface area contributed by atoms with Crippen LogP contribution in [0.3, 0.4) is 0 Å². The smallest absolute Gasteiger partial charge is 0.282 e. The van der Waals surface area contributed by atoms with Crippen LogP contribution in [0.5, 0.6) is 0 Å². The van der Waals surface area contributed by atoms with Crippen LogP contribution in [-0.2, 0) is 10.2 Å². The summed E-state index contributed by atoms with van der Waals surface area (Å²) in [5, 5.41) is 3.17. The molecule has 2 saturated heterocycles. The van der Waals surface area contributed by atoms with E-state index in [0.29, 0.717) is 19.0 Å². The van der Waals surface area contributed by atoms with Crippen molar-refractivity contribution in [2.24, 2.45) is 5.92 Å². The average Bonchev–Trinajstić information content (AvgIpc) is 2.47. The SMILES string of the molecule is CNCC1CCCN(S(=O)(=O)N(C)C2CCCN(C)C2)C1. The van der Waals surface area contributed by atoms with E-state index in [9.17, 15) is 8.42 Å². The van der Waals surface area contributed by atoms with E-state index < -0.39 is 10.2 Å². The number of nitrogens with zero attached hydrogens (tertiary/aromatic N) is 3. The van der Waals surface area contributed by atoms with Gasteiger partial charge in [0.1, 0.15) is 0 Å². The fourth-order valence-electron chi connectivity index (χ4n) is 3.50. The Balaban J connectivity index is 2.02. The third-order valence-corrected chi connectivity index (χ3v) is 6.79. The standard InChI is InChI=1S/C14H30N4O2S/c1-15-10-13-6-4-9-18(11-13)21(19,20)17(3)14-7-5-8-16(2)12-14/h13-15H,4-12H2,1-3H3. The Morgan fingerprint density at radius 3 is 2.57 bits per heavy atom. The molecule has 0 aromatic rings. The average molecular weight is 318 g/mol. The van der Waals surface area contributed by atoms with Gasteiger partial charge in [-0.15, -0.1) is 0 Å². The van der Waals surface area contributed by atoms with E-state index in [1.807, 2.05) is 7.05 Å². The highest BCUT2D eigenvalue weighted by Crippen LogP contribution is 2.23. The molecule has 0 aromatic carbocycles. The van der Waals surface area contributed by atoms with Crippen LogP contribution < -0.4 is 5.32 Å². The number of hydrogen-bond acceptors (Lipinski definition) is 4. The lowest BCUT2D eigenvalue weighted by molar-refractivity contribution is 0.174. The van der Waals surface area contributed by atoms with Gasteiger partial charge in [0.2, 0.25) is 0 Å². The Bertz CT molecular complexity index is 427. The van der Waals surface area contributed by atoms with Gasteiger partial charge in [-0.3, -0.25) is 0 Å². The Morgan fingerprint density at radius 1 is 1.19 bits per heavy atom. The highest BCUT2D eigenvalue weighted by molar-refractivity contribution is 7.86. The zero-order valence-electron chi connectivity index (χ0n) is 13.6. The van der Waals surface area contributed by atoms with E-state index in [4.69, 9.17) is 0 Å². The molecule has 2 fully saturated rings. The maximum Gasteiger partial charge on any atom is 0.282 e. The van der Waals surface area contributed by atoms with Gasteiger partial charge in [-0.2, -0.15) is 17.0 Å². The van der Waals surface area contributed by atoms with Crippen molar-refractivity contribution in [1.29, 1.82) is 0 Å². The largest absolute Gasteiger partial charge is 0.319 e. The van der Waals surface area contributed by atoms with E-state index >= 15 is 0 Å². The van der Waals surface area contributed by atoms with Gasteiger partial charge >= 0.3 is 0 Å². The van der Waals surface area contributed by atoms with Crippen molar-refractivity contribution < 1.29 is 8.42 Å². The Labute approximate surface area is 129 Å². The lowest BCUT2D eigenvalue weighted by atomic mass is 10.00. The van der Waals surface area contributed by atoms with Crippen molar-refractivity contribution in [3.8, 4) is 0 Å². The number of rotatable bonds is 5. The summed E-state index contributed by atoms with van der Waals surface area (Å²) in [6.07, 6.45) is 4.12. The predicted molar refractivity (Wildman–Crippen MR) is 85.4 cm³/mol. The predicted octanol–water partition coefficient (Wildman–Crippen LogP) is 0.189. The zero-order chi connectivity index (χ0) is 15.5. The minimum atomic E-state index is -3.32. The van der Waals surface area contributed by atoms with Crippen LogP contribution in [0, 0.1) is 5.92 Å². The van der Waals surface area contributed by atoms with Crippen molar-refractivity contribution in [1.82, 2.24) is 18.8 Å². The summed E-state index contributed by atoms with van der Waals surface area (Å²) >= 11 is 0. The van der Waals surface area contributed by atoms with Crippen LogP contribution in [-0.4, -0.2) is 81.8 Å². The quantitative estimate of drug-likeness (QED) is 0.786. The number of hydrogen-bond donors (Lipinski definition) is 1. The maximum absolute atomic E-state index is 12.9. The molecule has 1 N–H and O–H groups in total. The molecule has 0 radical (unpaired) electrons. The van der Waals surface area contributed by atoms with Crippen LogP contribution in [0.2, 0.25) is 0 Å². The minimum absolute atomic E-state index is 0.110.